The fourth-order valence-corrected chi connectivity index (χ4v) is 5.18. The van der Waals surface area contributed by atoms with E-state index in [1.807, 2.05) is 0 Å². The molecular weight excluding hydrogens is 526 g/mol. The third-order valence-corrected chi connectivity index (χ3v) is 7.24. The fraction of sp³-hybridized carbons (Fsp3) is 0.0435. The van der Waals surface area contributed by atoms with E-state index in [0.29, 0.717) is 10.2 Å². The van der Waals surface area contributed by atoms with Crippen LogP contribution in [0.1, 0.15) is 16.1 Å². The number of aromatic nitrogens is 2. The van der Waals surface area contributed by atoms with Crippen molar-refractivity contribution in [1.82, 2.24) is 9.78 Å². The summed E-state index contributed by atoms with van der Waals surface area (Å²) in [5, 5.41) is 15.3. The van der Waals surface area contributed by atoms with Crippen molar-refractivity contribution in [3.8, 4) is 11.6 Å². The van der Waals surface area contributed by atoms with Crippen molar-refractivity contribution in [2.24, 2.45) is 0 Å². The molecule has 0 N–H and O–H groups in total. The van der Waals surface area contributed by atoms with E-state index in [0.717, 1.165) is 24.3 Å². The second kappa shape index (κ2) is 9.20. The van der Waals surface area contributed by atoms with E-state index < -0.39 is 20.7 Å². The number of carbonyl (C=O) groups excluding carboxylic acids is 1. The first kappa shape index (κ1) is 23.3. The van der Waals surface area contributed by atoms with Crippen molar-refractivity contribution in [1.29, 1.82) is 0 Å². The molecule has 0 fully saturated rings. The van der Waals surface area contributed by atoms with E-state index in [4.69, 9.17) is 4.74 Å². The second-order valence-electron chi connectivity index (χ2n) is 7.12. The molecule has 1 aromatic heterocycles. The van der Waals surface area contributed by atoms with Gasteiger partial charge in [0, 0.05) is 16.6 Å². The van der Waals surface area contributed by atoms with Crippen LogP contribution in [0.15, 0.2) is 93.1 Å². The molecule has 34 heavy (non-hydrogen) atoms. The number of esters is 1. The van der Waals surface area contributed by atoms with Gasteiger partial charge in [0.25, 0.3) is 5.69 Å². The summed E-state index contributed by atoms with van der Waals surface area (Å²) in [6, 6.07) is 19.5. The molecule has 0 amide bonds. The average Bonchev–Trinajstić information content (AvgIpc) is 3.16. The summed E-state index contributed by atoms with van der Waals surface area (Å²) >= 11 is 3.29. The Balaban J connectivity index is 1.87. The molecule has 0 spiro atoms. The lowest BCUT2D eigenvalue weighted by molar-refractivity contribution is -0.384. The first-order chi connectivity index (χ1) is 16.2. The molecule has 0 aliphatic carbocycles. The minimum absolute atomic E-state index is 0.0965. The smallest absolute Gasteiger partial charge is 0.344 e. The van der Waals surface area contributed by atoms with E-state index in [1.54, 1.807) is 48.5 Å². The molecule has 0 aliphatic rings. The number of para-hydroxylation sites is 1. The maximum atomic E-state index is 13.6. The highest BCUT2D eigenvalue weighted by atomic mass is 79.9. The molecule has 1 heterocycles. The molecule has 0 radical (unpaired) electrons. The highest BCUT2D eigenvalue weighted by molar-refractivity contribution is 9.10. The molecule has 0 saturated heterocycles. The minimum Gasteiger partial charge on any atom is -0.402 e. The molecule has 4 aromatic rings. The lowest BCUT2D eigenvalue weighted by atomic mass is 10.2. The van der Waals surface area contributed by atoms with Crippen LogP contribution in [-0.2, 0) is 9.84 Å². The second-order valence-corrected chi connectivity index (χ2v) is 9.92. The van der Waals surface area contributed by atoms with Crippen LogP contribution < -0.4 is 4.74 Å². The van der Waals surface area contributed by atoms with Crippen molar-refractivity contribution in [3.05, 3.63) is 105 Å². The fourth-order valence-electron chi connectivity index (χ4n) is 3.26. The summed E-state index contributed by atoms with van der Waals surface area (Å²) in [5.74, 6) is -1.06. The van der Waals surface area contributed by atoms with E-state index in [-0.39, 0.29) is 32.6 Å². The van der Waals surface area contributed by atoms with Crippen molar-refractivity contribution in [2.45, 2.75) is 16.7 Å². The van der Waals surface area contributed by atoms with Gasteiger partial charge in [-0.25, -0.2) is 13.2 Å². The third-order valence-electron chi connectivity index (χ3n) is 4.84. The van der Waals surface area contributed by atoms with Crippen molar-refractivity contribution < 1.29 is 22.9 Å². The number of non-ortho nitro benzene ring substituents is 1. The zero-order valence-corrected chi connectivity index (χ0v) is 20.0. The van der Waals surface area contributed by atoms with Crippen LogP contribution in [0, 0.1) is 17.0 Å². The lowest BCUT2D eigenvalue weighted by Crippen LogP contribution is -2.14. The van der Waals surface area contributed by atoms with Gasteiger partial charge in [0.05, 0.1) is 26.8 Å². The monoisotopic (exact) mass is 541 g/mol. The van der Waals surface area contributed by atoms with Crippen molar-refractivity contribution in [2.75, 3.05) is 0 Å². The molecule has 4 rings (SSSR count). The normalized spacial score (nSPS) is 11.2. The number of ether oxygens (including phenoxy) is 1. The highest BCUT2D eigenvalue weighted by Gasteiger charge is 2.32. The number of benzene rings is 3. The van der Waals surface area contributed by atoms with Gasteiger partial charge in [-0.1, -0.05) is 40.2 Å². The van der Waals surface area contributed by atoms with Crippen LogP contribution in [0.3, 0.4) is 0 Å². The van der Waals surface area contributed by atoms with Gasteiger partial charge in [-0.2, -0.15) is 9.78 Å². The lowest BCUT2D eigenvalue weighted by Gasteiger charge is -2.11. The number of rotatable bonds is 6. The minimum atomic E-state index is -4.26. The Kier molecular flexibility index (Phi) is 6.31. The topological polar surface area (TPSA) is 121 Å². The van der Waals surface area contributed by atoms with Gasteiger partial charge >= 0.3 is 5.97 Å². The predicted octanol–water partition coefficient (Wildman–Crippen LogP) is 4.90. The Bertz CT molecular complexity index is 1500. The number of carbonyl (C=O) groups is 1. The molecular formula is C23H16BrN3O6S. The Hall–Kier alpha value is -3.83. The SMILES string of the molecule is Cc1nn(-c2ccccc2)c(OC(=O)c2cccc(Br)c2)c1S(=O)(=O)c1ccc([N+](=O)[O-])cc1. The molecule has 172 valence electrons. The molecule has 0 aliphatic heterocycles. The van der Waals surface area contributed by atoms with Crippen LogP contribution in [0.2, 0.25) is 0 Å². The summed E-state index contributed by atoms with van der Waals surface area (Å²) in [6.07, 6.45) is 0. The predicted molar refractivity (Wildman–Crippen MR) is 126 cm³/mol. The highest BCUT2D eigenvalue weighted by Crippen LogP contribution is 2.35. The van der Waals surface area contributed by atoms with Crippen molar-refractivity contribution in [3.63, 3.8) is 0 Å². The number of nitro groups is 1. The van der Waals surface area contributed by atoms with Gasteiger partial charge in [-0.3, -0.25) is 10.1 Å². The van der Waals surface area contributed by atoms with E-state index >= 15 is 0 Å². The summed E-state index contributed by atoms with van der Waals surface area (Å²) in [4.78, 5) is 22.8. The van der Waals surface area contributed by atoms with E-state index in [9.17, 15) is 23.3 Å². The Morgan fingerprint density at radius 2 is 1.71 bits per heavy atom. The van der Waals surface area contributed by atoms with Gasteiger partial charge in [-0.15, -0.1) is 0 Å². The molecule has 9 nitrogen and oxygen atoms in total. The Morgan fingerprint density at radius 3 is 2.32 bits per heavy atom. The zero-order valence-electron chi connectivity index (χ0n) is 17.6. The maximum absolute atomic E-state index is 13.6. The van der Waals surface area contributed by atoms with Crippen LogP contribution in [0.25, 0.3) is 5.69 Å². The largest absolute Gasteiger partial charge is 0.402 e. The number of hydrogen-bond acceptors (Lipinski definition) is 7. The maximum Gasteiger partial charge on any atom is 0.344 e. The van der Waals surface area contributed by atoms with Crippen LogP contribution >= 0.6 is 15.9 Å². The number of sulfone groups is 1. The van der Waals surface area contributed by atoms with Gasteiger partial charge in [0.2, 0.25) is 15.7 Å². The standard InChI is InChI=1S/C23H16BrN3O6S/c1-15-21(34(31,32)20-12-10-19(11-13-20)27(29)30)22(26(25-15)18-8-3-2-4-9-18)33-23(28)16-6-5-7-17(24)14-16/h2-14H,1H3. The van der Waals surface area contributed by atoms with Gasteiger partial charge < -0.3 is 4.74 Å². The average molecular weight is 542 g/mol. The number of nitrogens with zero attached hydrogens (tertiary/aromatic N) is 3. The van der Waals surface area contributed by atoms with Crippen LogP contribution in [0.5, 0.6) is 5.88 Å². The zero-order chi connectivity index (χ0) is 24.5. The van der Waals surface area contributed by atoms with E-state index in [2.05, 4.69) is 21.0 Å². The Labute approximate surface area is 202 Å². The summed E-state index contributed by atoms with van der Waals surface area (Å²) in [5.41, 5.74) is 0.524. The number of aryl methyl sites for hydroxylation is 1. The molecule has 3 aromatic carbocycles. The summed E-state index contributed by atoms with van der Waals surface area (Å²) < 4.78 is 34.6. The quantitative estimate of drug-likeness (QED) is 0.193. The number of nitro benzene ring substituents is 1. The molecule has 0 bridgehead atoms. The molecule has 0 atom stereocenters. The molecule has 11 heteroatoms. The van der Waals surface area contributed by atoms with Gasteiger partial charge in [-0.05, 0) is 49.4 Å². The number of hydrogen-bond donors (Lipinski definition) is 0. The first-order valence-electron chi connectivity index (χ1n) is 9.81. The van der Waals surface area contributed by atoms with Crippen LogP contribution in [0.4, 0.5) is 5.69 Å². The van der Waals surface area contributed by atoms with E-state index in [1.165, 1.54) is 17.7 Å². The Morgan fingerprint density at radius 1 is 1.03 bits per heavy atom. The van der Waals surface area contributed by atoms with Gasteiger partial charge in [0.1, 0.15) is 0 Å². The molecule has 0 unspecified atom stereocenters. The number of halogens is 1. The van der Waals surface area contributed by atoms with Gasteiger partial charge in [0.15, 0.2) is 4.90 Å². The third kappa shape index (κ3) is 4.47. The summed E-state index contributed by atoms with van der Waals surface area (Å²) in [6.45, 7) is 1.48. The van der Waals surface area contributed by atoms with Crippen molar-refractivity contribution >= 4 is 37.4 Å². The first-order valence-corrected chi connectivity index (χ1v) is 12.1. The summed E-state index contributed by atoms with van der Waals surface area (Å²) in [7, 11) is -4.26. The van der Waals surface area contributed by atoms with Crippen LogP contribution in [-0.4, -0.2) is 29.1 Å². The molecule has 0 saturated carbocycles.